The minimum absolute atomic E-state index is 0.119. The van der Waals surface area contributed by atoms with E-state index in [1.807, 2.05) is 43.3 Å². The molecule has 0 saturated carbocycles. The summed E-state index contributed by atoms with van der Waals surface area (Å²) < 4.78 is 5.33. The maximum absolute atomic E-state index is 12.5. The van der Waals surface area contributed by atoms with E-state index in [0.717, 1.165) is 25.9 Å². The lowest BCUT2D eigenvalue weighted by Gasteiger charge is -2.30. The van der Waals surface area contributed by atoms with Crippen molar-refractivity contribution in [3.05, 3.63) is 71.8 Å². The Balaban J connectivity index is 2.23. The van der Waals surface area contributed by atoms with E-state index in [1.54, 1.807) is 0 Å². The predicted octanol–water partition coefficient (Wildman–Crippen LogP) is 4.42. The third-order valence-corrected chi connectivity index (χ3v) is 4.02. The third kappa shape index (κ3) is 5.50. The Labute approximate surface area is 145 Å². The molecule has 0 N–H and O–H groups in total. The predicted molar refractivity (Wildman–Crippen MR) is 97.5 cm³/mol. The van der Waals surface area contributed by atoms with Gasteiger partial charge in [-0.25, -0.2) is 0 Å². The summed E-state index contributed by atoms with van der Waals surface area (Å²) in [4.78, 5) is 14.7. The van der Waals surface area contributed by atoms with Gasteiger partial charge in [0.15, 0.2) is 0 Å². The van der Waals surface area contributed by atoms with Crippen molar-refractivity contribution >= 4 is 5.97 Å². The zero-order chi connectivity index (χ0) is 17.2. The number of rotatable bonds is 9. The fraction of sp³-hybridized carbons (Fsp3) is 0.381. The summed E-state index contributed by atoms with van der Waals surface area (Å²) in [5, 5.41) is 0. The molecule has 0 aromatic heterocycles. The van der Waals surface area contributed by atoms with Crippen molar-refractivity contribution in [1.29, 1.82) is 0 Å². The van der Waals surface area contributed by atoms with E-state index in [9.17, 15) is 4.79 Å². The molecule has 0 fully saturated rings. The maximum Gasteiger partial charge on any atom is 0.323 e. The first-order valence-corrected chi connectivity index (χ1v) is 8.73. The second kappa shape index (κ2) is 9.89. The molecule has 3 heteroatoms. The Morgan fingerprint density at radius 2 is 1.42 bits per heavy atom. The van der Waals surface area contributed by atoms with Gasteiger partial charge in [-0.1, -0.05) is 74.0 Å². The molecule has 1 unspecified atom stereocenters. The lowest BCUT2D eigenvalue weighted by atomic mass is 10.1. The van der Waals surface area contributed by atoms with Crippen LogP contribution in [0.15, 0.2) is 60.7 Å². The van der Waals surface area contributed by atoms with Crippen LogP contribution in [0.5, 0.6) is 0 Å². The molecule has 0 radical (unpaired) electrons. The normalized spacial score (nSPS) is 12.1. The average molecular weight is 325 g/mol. The fourth-order valence-electron chi connectivity index (χ4n) is 2.87. The minimum Gasteiger partial charge on any atom is -0.465 e. The van der Waals surface area contributed by atoms with Gasteiger partial charge in [0.25, 0.3) is 0 Å². The quantitative estimate of drug-likeness (QED) is 0.639. The smallest absolute Gasteiger partial charge is 0.323 e. The van der Waals surface area contributed by atoms with Crippen LogP contribution in [-0.2, 0) is 22.6 Å². The topological polar surface area (TPSA) is 29.5 Å². The highest BCUT2D eigenvalue weighted by Gasteiger charge is 2.26. The molecule has 0 aliphatic heterocycles. The van der Waals surface area contributed by atoms with E-state index in [4.69, 9.17) is 4.74 Å². The van der Waals surface area contributed by atoms with Crippen LogP contribution in [0.3, 0.4) is 0 Å². The highest BCUT2D eigenvalue weighted by atomic mass is 16.5. The van der Waals surface area contributed by atoms with Crippen LogP contribution in [0.25, 0.3) is 0 Å². The van der Waals surface area contributed by atoms with Crippen molar-refractivity contribution in [2.45, 2.75) is 45.8 Å². The Morgan fingerprint density at radius 1 is 0.917 bits per heavy atom. The van der Waals surface area contributed by atoms with Crippen LogP contribution in [0.2, 0.25) is 0 Å². The zero-order valence-electron chi connectivity index (χ0n) is 14.7. The van der Waals surface area contributed by atoms with Gasteiger partial charge in [-0.3, -0.25) is 9.69 Å². The number of hydrogen-bond donors (Lipinski definition) is 0. The molecule has 2 aromatic carbocycles. The molecule has 0 aliphatic carbocycles. The van der Waals surface area contributed by atoms with Crippen LogP contribution in [0, 0.1) is 0 Å². The molecule has 24 heavy (non-hydrogen) atoms. The number of nitrogens with zero attached hydrogens (tertiary/aromatic N) is 1. The molecule has 0 amide bonds. The molecule has 128 valence electrons. The molecule has 0 bridgehead atoms. The summed E-state index contributed by atoms with van der Waals surface area (Å²) in [6, 6.07) is 20.4. The molecule has 0 saturated heterocycles. The minimum atomic E-state index is -0.213. The molecule has 0 spiro atoms. The van der Waals surface area contributed by atoms with Crippen molar-refractivity contribution in [2.24, 2.45) is 0 Å². The maximum atomic E-state index is 12.5. The Hall–Kier alpha value is -2.13. The van der Waals surface area contributed by atoms with E-state index < -0.39 is 0 Å². The van der Waals surface area contributed by atoms with E-state index >= 15 is 0 Å². The van der Waals surface area contributed by atoms with Crippen molar-refractivity contribution < 1.29 is 9.53 Å². The highest BCUT2D eigenvalue weighted by Crippen LogP contribution is 2.18. The third-order valence-electron chi connectivity index (χ3n) is 4.02. The lowest BCUT2D eigenvalue weighted by Crippen LogP contribution is -2.41. The molecular weight excluding hydrogens is 298 g/mol. The largest absolute Gasteiger partial charge is 0.465 e. The Kier molecular flexibility index (Phi) is 7.50. The number of carbonyl (C=O) groups is 1. The molecule has 0 aliphatic rings. The summed E-state index contributed by atoms with van der Waals surface area (Å²) in [5.41, 5.74) is 2.41. The van der Waals surface area contributed by atoms with Gasteiger partial charge in [0.2, 0.25) is 0 Å². The van der Waals surface area contributed by atoms with Gasteiger partial charge in [-0.15, -0.1) is 0 Å². The van der Waals surface area contributed by atoms with Gasteiger partial charge in [-0.2, -0.15) is 0 Å². The molecular formula is C21H27NO2. The number of esters is 1. The number of carbonyl (C=O) groups excluding carboxylic acids is 1. The second-order valence-electron chi connectivity index (χ2n) is 5.93. The number of benzene rings is 2. The van der Waals surface area contributed by atoms with Gasteiger partial charge < -0.3 is 4.74 Å². The number of hydrogen-bond acceptors (Lipinski definition) is 3. The van der Waals surface area contributed by atoms with Crippen LogP contribution < -0.4 is 0 Å². The van der Waals surface area contributed by atoms with Crippen molar-refractivity contribution in [3.8, 4) is 0 Å². The summed E-state index contributed by atoms with van der Waals surface area (Å²) in [6.45, 7) is 5.86. The average Bonchev–Trinajstić information content (AvgIpc) is 2.61. The molecule has 2 aromatic rings. The monoisotopic (exact) mass is 325 g/mol. The highest BCUT2D eigenvalue weighted by molar-refractivity contribution is 5.75. The van der Waals surface area contributed by atoms with Gasteiger partial charge in [0.1, 0.15) is 6.04 Å². The van der Waals surface area contributed by atoms with Gasteiger partial charge in [0.05, 0.1) is 6.61 Å². The molecule has 1 atom stereocenters. The van der Waals surface area contributed by atoms with Gasteiger partial charge >= 0.3 is 5.97 Å². The van der Waals surface area contributed by atoms with E-state index in [0.29, 0.717) is 6.61 Å². The van der Waals surface area contributed by atoms with Crippen molar-refractivity contribution in [2.75, 3.05) is 6.61 Å². The summed E-state index contributed by atoms with van der Waals surface area (Å²) in [5.74, 6) is -0.119. The zero-order valence-corrected chi connectivity index (χ0v) is 14.7. The summed E-state index contributed by atoms with van der Waals surface area (Å²) in [6.07, 6.45) is 1.75. The Morgan fingerprint density at radius 3 is 1.83 bits per heavy atom. The standard InChI is InChI=1S/C21H27NO2/c1-3-11-20(21(23)24-4-2)22(16-18-12-7-5-8-13-18)17-19-14-9-6-10-15-19/h5-10,12-15,20H,3-4,11,16-17H2,1-2H3. The summed E-state index contributed by atoms with van der Waals surface area (Å²) in [7, 11) is 0. The first-order chi connectivity index (χ1) is 11.7. The van der Waals surface area contributed by atoms with Crippen molar-refractivity contribution in [3.63, 3.8) is 0 Å². The van der Waals surface area contributed by atoms with Gasteiger partial charge in [0, 0.05) is 13.1 Å². The molecule has 3 nitrogen and oxygen atoms in total. The molecule has 0 heterocycles. The van der Waals surface area contributed by atoms with Crippen LogP contribution in [0.1, 0.15) is 37.8 Å². The SMILES string of the molecule is CCCC(C(=O)OCC)N(Cc1ccccc1)Cc1ccccc1. The van der Waals surface area contributed by atoms with Gasteiger partial charge in [-0.05, 0) is 24.5 Å². The first-order valence-electron chi connectivity index (χ1n) is 8.73. The fourth-order valence-corrected chi connectivity index (χ4v) is 2.87. The van der Waals surface area contributed by atoms with Crippen LogP contribution in [0.4, 0.5) is 0 Å². The van der Waals surface area contributed by atoms with Crippen LogP contribution in [-0.4, -0.2) is 23.5 Å². The summed E-state index contributed by atoms with van der Waals surface area (Å²) >= 11 is 0. The Bertz CT molecular complexity index is 556. The van der Waals surface area contributed by atoms with Crippen molar-refractivity contribution in [1.82, 2.24) is 4.90 Å². The van der Waals surface area contributed by atoms with Crippen LogP contribution >= 0.6 is 0 Å². The first kappa shape index (κ1) is 18.2. The van der Waals surface area contributed by atoms with E-state index in [1.165, 1.54) is 11.1 Å². The lowest BCUT2D eigenvalue weighted by molar-refractivity contribution is -0.150. The van der Waals surface area contributed by atoms with E-state index in [2.05, 4.69) is 36.1 Å². The molecule has 2 rings (SSSR count). The second-order valence-corrected chi connectivity index (χ2v) is 5.93. The number of ether oxygens (including phenoxy) is 1. The van der Waals surface area contributed by atoms with E-state index in [-0.39, 0.29) is 12.0 Å².